The highest BCUT2D eigenvalue weighted by Gasteiger charge is 2.40. The van der Waals surface area contributed by atoms with Crippen LogP contribution in [0, 0.1) is 0 Å². The van der Waals surface area contributed by atoms with Crippen LogP contribution in [-0.2, 0) is 4.79 Å². The first-order chi connectivity index (χ1) is 9.33. The Kier molecular flexibility index (Phi) is 3.51. The van der Waals surface area contributed by atoms with Gasteiger partial charge < -0.3 is 10.1 Å². The van der Waals surface area contributed by atoms with Crippen molar-refractivity contribution in [1.82, 2.24) is 5.32 Å². The standard InChI is InChI=1S/C15H15NO2S/c17-15(10-18-11-5-2-1-3-6-11)16-13-9-12(13)14-7-4-8-19-14/h1-8,12-13H,9-10H2,(H,16,17). The molecular formula is C15H15NO2S. The van der Waals surface area contributed by atoms with E-state index in [9.17, 15) is 4.79 Å². The highest BCUT2D eigenvalue weighted by atomic mass is 32.1. The number of hydrogen-bond acceptors (Lipinski definition) is 3. The number of rotatable bonds is 5. The summed E-state index contributed by atoms with van der Waals surface area (Å²) in [6.07, 6.45) is 1.04. The van der Waals surface area contributed by atoms with Gasteiger partial charge >= 0.3 is 0 Å². The quantitative estimate of drug-likeness (QED) is 0.909. The van der Waals surface area contributed by atoms with Gasteiger partial charge in [-0.05, 0) is 30.0 Å². The molecule has 2 aromatic rings. The normalized spacial score (nSPS) is 20.8. The maximum absolute atomic E-state index is 11.7. The van der Waals surface area contributed by atoms with Crippen molar-refractivity contribution in [2.45, 2.75) is 18.4 Å². The van der Waals surface area contributed by atoms with Crippen LogP contribution in [0.5, 0.6) is 5.75 Å². The highest BCUT2D eigenvalue weighted by Crippen LogP contribution is 2.42. The molecule has 2 unspecified atom stereocenters. The van der Waals surface area contributed by atoms with Crippen molar-refractivity contribution >= 4 is 17.2 Å². The van der Waals surface area contributed by atoms with Gasteiger partial charge in [-0.3, -0.25) is 4.79 Å². The first-order valence-electron chi connectivity index (χ1n) is 6.33. The van der Waals surface area contributed by atoms with Crippen LogP contribution in [0.1, 0.15) is 17.2 Å². The van der Waals surface area contributed by atoms with Crippen LogP contribution >= 0.6 is 11.3 Å². The fourth-order valence-electron chi connectivity index (χ4n) is 2.09. The van der Waals surface area contributed by atoms with Crippen LogP contribution in [0.3, 0.4) is 0 Å². The fourth-order valence-corrected chi connectivity index (χ4v) is 2.99. The SMILES string of the molecule is O=C(COc1ccccc1)NC1CC1c1cccs1. The van der Waals surface area contributed by atoms with Gasteiger partial charge in [0.2, 0.25) is 0 Å². The van der Waals surface area contributed by atoms with Gasteiger partial charge in [-0.15, -0.1) is 11.3 Å². The Morgan fingerprint density at radius 3 is 2.84 bits per heavy atom. The molecular weight excluding hydrogens is 258 g/mol. The maximum atomic E-state index is 11.7. The van der Waals surface area contributed by atoms with E-state index in [1.807, 2.05) is 30.3 Å². The van der Waals surface area contributed by atoms with E-state index >= 15 is 0 Å². The van der Waals surface area contributed by atoms with Crippen LogP contribution in [0.2, 0.25) is 0 Å². The smallest absolute Gasteiger partial charge is 0.258 e. The van der Waals surface area contributed by atoms with Gasteiger partial charge in [-0.1, -0.05) is 24.3 Å². The summed E-state index contributed by atoms with van der Waals surface area (Å²) in [5.74, 6) is 1.18. The van der Waals surface area contributed by atoms with Gasteiger partial charge in [0.1, 0.15) is 5.75 Å². The zero-order valence-corrected chi connectivity index (χ0v) is 11.2. The number of nitrogens with one attached hydrogen (secondary N) is 1. The van der Waals surface area contributed by atoms with Gasteiger partial charge in [0.25, 0.3) is 5.91 Å². The van der Waals surface area contributed by atoms with Crippen LogP contribution < -0.4 is 10.1 Å². The Bertz CT molecular complexity index is 539. The molecule has 3 rings (SSSR count). The van der Waals surface area contributed by atoms with Gasteiger partial charge in [-0.2, -0.15) is 0 Å². The summed E-state index contributed by atoms with van der Waals surface area (Å²) in [5, 5.41) is 5.08. The molecule has 0 radical (unpaired) electrons. The first kappa shape index (κ1) is 12.2. The van der Waals surface area contributed by atoms with Crippen LogP contribution in [0.15, 0.2) is 47.8 Å². The largest absolute Gasteiger partial charge is 0.484 e. The molecule has 0 bridgehead atoms. The Balaban J connectivity index is 1.43. The maximum Gasteiger partial charge on any atom is 0.258 e. The average molecular weight is 273 g/mol. The zero-order valence-electron chi connectivity index (χ0n) is 10.4. The number of para-hydroxylation sites is 1. The van der Waals surface area contributed by atoms with E-state index in [4.69, 9.17) is 4.74 Å². The number of carbonyl (C=O) groups excluding carboxylic acids is 1. The predicted octanol–water partition coefficient (Wildman–Crippen LogP) is 2.80. The van der Waals surface area contributed by atoms with Crippen LogP contribution in [-0.4, -0.2) is 18.6 Å². The van der Waals surface area contributed by atoms with Crippen molar-refractivity contribution in [3.05, 3.63) is 52.7 Å². The van der Waals surface area contributed by atoms with Crippen molar-refractivity contribution in [2.75, 3.05) is 6.61 Å². The number of hydrogen-bond donors (Lipinski definition) is 1. The van der Waals surface area contributed by atoms with Crippen molar-refractivity contribution in [3.8, 4) is 5.75 Å². The molecule has 1 aromatic carbocycles. The molecule has 1 heterocycles. The summed E-state index contributed by atoms with van der Waals surface area (Å²) in [6, 6.07) is 13.9. The number of ether oxygens (including phenoxy) is 1. The molecule has 0 aliphatic heterocycles. The summed E-state index contributed by atoms with van der Waals surface area (Å²) in [4.78, 5) is 13.1. The van der Waals surface area contributed by atoms with Crippen LogP contribution in [0.4, 0.5) is 0 Å². The molecule has 1 aliphatic rings. The van der Waals surface area contributed by atoms with E-state index in [1.54, 1.807) is 11.3 Å². The Morgan fingerprint density at radius 2 is 2.11 bits per heavy atom. The van der Waals surface area contributed by atoms with E-state index in [1.165, 1.54) is 4.88 Å². The summed E-state index contributed by atoms with van der Waals surface area (Å²) in [5.41, 5.74) is 0. The van der Waals surface area contributed by atoms with Crippen molar-refractivity contribution < 1.29 is 9.53 Å². The Labute approximate surface area is 116 Å². The monoisotopic (exact) mass is 273 g/mol. The van der Waals surface area contributed by atoms with Gasteiger partial charge in [0, 0.05) is 16.8 Å². The molecule has 3 nitrogen and oxygen atoms in total. The van der Waals surface area contributed by atoms with Gasteiger partial charge in [0.05, 0.1) is 0 Å². The predicted molar refractivity (Wildman–Crippen MR) is 75.5 cm³/mol. The number of thiophene rings is 1. The summed E-state index contributed by atoms with van der Waals surface area (Å²) < 4.78 is 5.41. The minimum atomic E-state index is -0.0482. The van der Waals surface area contributed by atoms with Crippen molar-refractivity contribution in [2.24, 2.45) is 0 Å². The van der Waals surface area contributed by atoms with E-state index in [0.717, 1.165) is 12.2 Å². The summed E-state index contributed by atoms with van der Waals surface area (Å²) >= 11 is 1.75. The summed E-state index contributed by atoms with van der Waals surface area (Å²) in [7, 11) is 0. The molecule has 4 heteroatoms. The molecule has 1 aliphatic carbocycles. The molecule has 1 N–H and O–H groups in total. The molecule has 0 saturated heterocycles. The molecule has 1 saturated carbocycles. The minimum Gasteiger partial charge on any atom is -0.484 e. The molecule has 1 fully saturated rings. The first-order valence-corrected chi connectivity index (χ1v) is 7.21. The second kappa shape index (κ2) is 5.45. The molecule has 0 spiro atoms. The van der Waals surface area contributed by atoms with Crippen LogP contribution in [0.25, 0.3) is 0 Å². The third-order valence-electron chi connectivity index (χ3n) is 3.16. The third-order valence-corrected chi connectivity index (χ3v) is 4.16. The third kappa shape index (κ3) is 3.15. The van der Waals surface area contributed by atoms with E-state index in [-0.39, 0.29) is 18.6 Å². The van der Waals surface area contributed by atoms with Gasteiger partial charge in [-0.25, -0.2) is 0 Å². The highest BCUT2D eigenvalue weighted by molar-refractivity contribution is 7.10. The van der Waals surface area contributed by atoms with E-state index < -0.39 is 0 Å². The van der Waals surface area contributed by atoms with E-state index in [2.05, 4.69) is 22.8 Å². The van der Waals surface area contributed by atoms with Crippen molar-refractivity contribution in [3.63, 3.8) is 0 Å². The topological polar surface area (TPSA) is 38.3 Å². The molecule has 98 valence electrons. The Morgan fingerprint density at radius 1 is 1.26 bits per heavy atom. The lowest BCUT2D eigenvalue weighted by molar-refractivity contribution is -0.123. The fraction of sp³-hybridized carbons (Fsp3) is 0.267. The number of amides is 1. The van der Waals surface area contributed by atoms with E-state index in [0.29, 0.717) is 5.92 Å². The molecule has 1 amide bonds. The van der Waals surface area contributed by atoms with Gasteiger partial charge in [0.15, 0.2) is 6.61 Å². The Hall–Kier alpha value is -1.81. The molecule has 1 aromatic heterocycles. The number of benzene rings is 1. The average Bonchev–Trinajstić information content (AvgIpc) is 2.99. The lowest BCUT2D eigenvalue weighted by Gasteiger charge is -2.06. The second-order valence-corrected chi connectivity index (χ2v) is 5.61. The second-order valence-electron chi connectivity index (χ2n) is 4.63. The lowest BCUT2D eigenvalue weighted by Crippen LogP contribution is -2.31. The minimum absolute atomic E-state index is 0.0482. The lowest BCUT2D eigenvalue weighted by atomic mass is 10.3. The molecule has 19 heavy (non-hydrogen) atoms. The number of carbonyl (C=O) groups is 1. The van der Waals surface area contributed by atoms with Crippen molar-refractivity contribution in [1.29, 1.82) is 0 Å². The summed E-state index contributed by atoms with van der Waals surface area (Å²) in [6.45, 7) is 0.0810. The zero-order chi connectivity index (χ0) is 13.1. The molecule has 2 atom stereocenters.